The molecule has 0 saturated carbocycles. The minimum atomic E-state index is -6.09. The maximum Gasteiger partial charge on any atom is 1.00 e. The summed E-state index contributed by atoms with van der Waals surface area (Å²) in [4.78, 5) is 4.31. The molecule has 2 aromatic carbocycles. The van der Waals surface area contributed by atoms with Crippen molar-refractivity contribution in [3.8, 4) is 0 Å². The van der Waals surface area contributed by atoms with Crippen molar-refractivity contribution in [2.24, 2.45) is 0 Å². The number of nitrogens with one attached hydrogen (secondary N) is 2. The van der Waals surface area contributed by atoms with E-state index in [1.807, 2.05) is 0 Å². The maximum absolute atomic E-state index is 13.5. The Labute approximate surface area is 238 Å². The van der Waals surface area contributed by atoms with Gasteiger partial charge in [-0.25, -0.2) is 26.0 Å². The van der Waals surface area contributed by atoms with E-state index in [9.17, 15) is 30.7 Å². The second kappa shape index (κ2) is 16.6. The van der Waals surface area contributed by atoms with Crippen LogP contribution in [0.15, 0.2) is 36.4 Å². The smallest absolute Gasteiger partial charge is 0.741 e. The molecule has 1 aliphatic heterocycles. The van der Waals surface area contributed by atoms with Gasteiger partial charge in [0.2, 0.25) is 0 Å². The molecular weight excluding hydrogens is 653 g/mol. The minimum absolute atomic E-state index is 0. The van der Waals surface area contributed by atoms with Crippen molar-refractivity contribution in [2.45, 2.75) is 18.6 Å². The van der Waals surface area contributed by atoms with Crippen molar-refractivity contribution in [2.75, 3.05) is 52.4 Å². The zero-order valence-electron chi connectivity index (χ0n) is 20.5. The largest absolute Gasteiger partial charge is 1.00 e. The van der Waals surface area contributed by atoms with E-state index in [0.29, 0.717) is 24.2 Å². The zero-order valence-corrected chi connectivity index (χ0v) is 22.8. The molecule has 0 unspecified atom stereocenters. The molecule has 0 spiro atoms. The number of benzene rings is 2. The van der Waals surface area contributed by atoms with E-state index in [-0.39, 0.29) is 22.4 Å². The van der Waals surface area contributed by atoms with E-state index in [0.717, 1.165) is 64.5 Å². The van der Waals surface area contributed by atoms with E-state index in [2.05, 4.69) is 20.4 Å². The van der Waals surface area contributed by atoms with Gasteiger partial charge in [0.25, 0.3) is 0 Å². The summed E-state index contributed by atoms with van der Waals surface area (Å²) in [7, 11) is -6.09. The predicted molar refractivity (Wildman–Crippen MR) is 125 cm³/mol. The summed E-state index contributed by atoms with van der Waals surface area (Å²) in [5, 5.41) is 6.76. The Bertz CT molecular complexity index is 1020. The predicted octanol–water partition coefficient (Wildman–Crippen LogP) is 2.79. The van der Waals surface area contributed by atoms with E-state index in [1.54, 1.807) is 0 Å². The van der Waals surface area contributed by atoms with Crippen LogP contribution >= 0.6 is 0 Å². The van der Waals surface area contributed by atoms with Gasteiger partial charge in [0.1, 0.15) is 23.3 Å². The van der Waals surface area contributed by atoms with Crippen molar-refractivity contribution in [3.05, 3.63) is 70.8 Å². The monoisotopic (exact) mass is 680 g/mol. The first kappa shape index (κ1) is 35.5. The van der Waals surface area contributed by atoms with Crippen molar-refractivity contribution in [1.82, 2.24) is 20.4 Å². The average Bonchev–Trinajstić information content (AvgIpc) is 2.74. The fourth-order valence-electron chi connectivity index (χ4n) is 3.66. The minimum Gasteiger partial charge on any atom is -0.741 e. The Balaban J connectivity index is 0.000000737. The quantitative estimate of drug-likeness (QED) is 0.222. The van der Waals surface area contributed by atoms with Gasteiger partial charge in [0.05, 0.1) is 0 Å². The summed E-state index contributed by atoms with van der Waals surface area (Å²) < 4.78 is 113. The Morgan fingerprint density at radius 3 is 1.15 bits per heavy atom. The normalized spacial score (nSPS) is 16.7. The first-order valence-corrected chi connectivity index (χ1v) is 12.9. The van der Waals surface area contributed by atoms with Gasteiger partial charge in [0, 0.05) is 77.6 Å². The molecule has 0 radical (unpaired) electrons. The summed E-state index contributed by atoms with van der Waals surface area (Å²) in [5.74, 6) is -2.24. The molecule has 1 aliphatic rings. The van der Waals surface area contributed by atoms with Crippen LogP contribution in [0.5, 0.6) is 0 Å². The van der Waals surface area contributed by atoms with Crippen molar-refractivity contribution in [3.63, 3.8) is 0 Å². The van der Waals surface area contributed by atoms with Crippen LogP contribution in [0.3, 0.4) is 0 Å². The molecule has 224 valence electrons. The molecule has 0 bridgehead atoms. The molecule has 7 nitrogen and oxygen atoms in total. The van der Waals surface area contributed by atoms with Crippen LogP contribution in [0.2, 0.25) is 0 Å². The van der Waals surface area contributed by atoms with Crippen LogP contribution in [0.25, 0.3) is 0 Å². The first-order valence-electron chi connectivity index (χ1n) is 11.5. The number of alkyl halides is 3. The van der Waals surface area contributed by atoms with E-state index < -0.39 is 38.9 Å². The van der Waals surface area contributed by atoms with Gasteiger partial charge >= 0.3 is 27.9 Å². The van der Waals surface area contributed by atoms with Crippen LogP contribution in [-0.4, -0.2) is 80.6 Å². The van der Waals surface area contributed by atoms with Crippen molar-refractivity contribution in [1.29, 1.82) is 0 Å². The molecule has 2 aromatic rings. The number of hydrogen-bond acceptors (Lipinski definition) is 7. The SMILES string of the molecule is Fc1cc(F)cc(CN2CCNCCN(Cc3cc(F)cc(F)c3)CCNCC2)c1.O=S(=O)([O-])C(F)(F)F.[Ag+]. The van der Waals surface area contributed by atoms with Crippen LogP contribution in [-0.2, 0) is 45.6 Å². The molecule has 0 amide bonds. The third-order valence-electron chi connectivity index (χ3n) is 5.36. The molecular formula is C23H28AgF7N4O3S. The topological polar surface area (TPSA) is 87.7 Å². The summed E-state index contributed by atoms with van der Waals surface area (Å²) in [6.07, 6.45) is 0. The fraction of sp³-hybridized carbons (Fsp3) is 0.478. The molecule has 0 aliphatic carbocycles. The Kier molecular flexibility index (Phi) is 15.1. The number of halogens is 7. The third kappa shape index (κ3) is 14.1. The van der Waals surface area contributed by atoms with Crippen LogP contribution < -0.4 is 10.6 Å². The van der Waals surface area contributed by atoms with Crippen LogP contribution in [0, 0.1) is 23.3 Å². The zero-order chi connectivity index (χ0) is 28.3. The summed E-state index contributed by atoms with van der Waals surface area (Å²) in [6, 6.07) is 7.24. The molecule has 1 saturated heterocycles. The van der Waals surface area contributed by atoms with Gasteiger partial charge in [0.15, 0.2) is 10.1 Å². The van der Waals surface area contributed by atoms with Crippen LogP contribution in [0.4, 0.5) is 30.7 Å². The van der Waals surface area contributed by atoms with Gasteiger partial charge in [-0.1, -0.05) is 0 Å². The molecule has 0 atom stereocenters. The molecule has 0 aromatic heterocycles. The molecule has 2 N–H and O–H groups in total. The fourth-order valence-corrected chi connectivity index (χ4v) is 3.66. The summed E-state index contributed by atoms with van der Waals surface area (Å²) in [6.45, 7) is 6.89. The molecule has 1 fully saturated rings. The third-order valence-corrected chi connectivity index (χ3v) is 5.93. The van der Waals surface area contributed by atoms with E-state index in [4.69, 9.17) is 13.0 Å². The number of rotatable bonds is 4. The first-order chi connectivity index (χ1) is 17.7. The van der Waals surface area contributed by atoms with Crippen molar-refractivity contribution < 1.29 is 66.1 Å². The second-order valence-electron chi connectivity index (χ2n) is 8.51. The van der Waals surface area contributed by atoms with E-state index in [1.165, 1.54) is 24.3 Å². The number of nitrogens with zero attached hydrogens (tertiary/aromatic N) is 2. The molecule has 1 heterocycles. The van der Waals surface area contributed by atoms with Gasteiger partial charge < -0.3 is 15.2 Å². The Hall–Kier alpha value is -1.56. The van der Waals surface area contributed by atoms with Gasteiger partial charge in [-0.15, -0.1) is 0 Å². The maximum atomic E-state index is 13.5. The Morgan fingerprint density at radius 2 is 0.923 bits per heavy atom. The number of hydrogen-bond donors (Lipinski definition) is 2. The van der Waals surface area contributed by atoms with Gasteiger partial charge in [-0.3, -0.25) is 9.80 Å². The second-order valence-corrected chi connectivity index (χ2v) is 9.88. The Morgan fingerprint density at radius 1 is 0.667 bits per heavy atom. The summed E-state index contributed by atoms with van der Waals surface area (Å²) >= 11 is 0. The van der Waals surface area contributed by atoms with Crippen molar-refractivity contribution >= 4 is 10.1 Å². The molecule has 39 heavy (non-hydrogen) atoms. The van der Waals surface area contributed by atoms with Crippen LogP contribution in [0.1, 0.15) is 11.1 Å². The standard InChI is InChI=1S/C22H28F4N4.CHF3O3S.Ag/c23-19-9-17(10-20(24)13-19)15-29-5-1-27-2-6-30(8-4-28-3-7-29)16-18-11-21(25)14-22(26)12-18;2-1(3,4)8(5,6)7;/h9-14,27-28H,1-8,15-16H2;(H,5,6,7);/q;;+1/p-1. The van der Waals surface area contributed by atoms with E-state index >= 15 is 0 Å². The summed E-state index contributed by atoms with van der Waals surface area (Å²) in [5.41, 5.74) is -4.41. The van der Waals surface area contributed by atoms with Gasteiger partial charge in [-0.2, -0.15) is 13.2 Å². The average molecular weight is 681 g/mol. The molecule has 16 heteroatoms. The molecule has 3 rings (SSSR count). The van der Waals surface area contributed by atoms with Gasteiger partial charge in [-0.05, 0) is 35.4 Å².